The monoisotopic (exact) mass is 441 g/mol. The van der Waals surface area contributed by atoms with E-state index >= 15 is 0 Å². The Morgan fingerprint density at radius 1 is 0.727 bits per heavy atom. The first-order valence-corrected chi connectivity index (χ1v) is 10.9. The molecule has 7 heteroatoms. The van der Waals surface area contributed by atoms with Gasteiger partial charge in [-0.2, -0.15) is 0 Å². The average molecular weight is 442 g/mol. The molecule has 4 aromatic rings. The summed E-state index contributed by atoms with van der Waals surface area (Å²) in [7, 11) is 0. The molecule has 0 saturated heterocycles. The molecule has 4 rings (SSSR count). The lowest BCUT2D eigenvalue weighted by atomic mass is 10.2. The fourth-order valence-electron chi connectivity index (χ4n) is 3.07. The minimum Gasteiger partial charge on any atom is -0.494 e. The van der Waals surface area contributed by atoms with Crippen LogP contribution in [-0.2, 0) is 0 Å². The zero-order valence-electron chi connectivity index (χ0n) is 18.5. The van der Waals surface area contributed by atoms with Crippen molar-refractivity contribution in [3.05, 3.63) is 85.2 Å². The Hall–Kier alpha value is -4.26. The van der Waals surface area contributed by atoms with Crippen LogP contribution >= 0.6 is 0 Å². The van der Waals surface area contributed by atoms with Gasteiger partial charge in [0.2, 0.25) is 0 Å². The lowest BCUT2D eigenvalue weighted by Crippen LogP contribution is -2.05. The highest BCUT2D eigenvalue weighted by molar-refractivity contribution is 5.80. The first-order chi connectivity index (χ1) is 16.2. The summed E-state index contributed by atoms with van der Waals surface area (Å²) >= 11 is 0. The van der Waals surface area contributed by atoms with Gasteiger partial charge < -0.3 is 25.8 Å². The number of hydrogen-bond acceptors (Lipinski definition) is 7. The zero-order chi connectivity index (χ0) is 22.9. The van der Waals surface area contributed by atoms with Crippen molar-refractivity contribution in [2.45, 2.75) is 19.8 Å². The van der Waals surface area contributed by atoms with Gasteiger partial charge in [-0.15, -0.1) is 0 Å². The molecule has 0 spiro atoms. The number of rotatable bonds is 10. The number of para-hydroxylation sites is 1. The van der Waals surface area contributed by atoms with E-state index < -0.39 is 0 Å². The lowest BCUT2D eigenvalue weighted by Gasteiger charge is -2.13. The molecule has 0 saturated carbocycles. The number of unbranched alkanes of at least 4 members (excludes halogenated alkanes) is 1. The minimum atomic E-state index is 0.422. The van der Waals surface area contributed by atoms with Crippen LogP contribution in [-0.4, -0.2) is 16.6 Å². The Labute approximate surface area is 193 Å². The van der Waals surface area contributed by atoms with Crippen molar-refractivity contribution in [1.82, 2.24) is 9.97 Å². The summed E-state index contributed by atoms with van der Waals surface area (Å²) in [6.45, 7) is 2.86. The van der Waals surface area contributed by atoms with Gasteiger partial charge in [-0.05, 0) is 67.1 Å². The molecule has 1 heterocycles. The van der Waals surface area contributed by atoms with Crippen molar-refractivity contribution >= 4 is 28.7 Å². The summed E-state index contributed by atoms with van der Waals surface area (Å²) in [5.41, 5.74) is 8.44. The van der Waals surface area contributed by atoms with E-state index in [4.69, 9.17) is 15.2 Å². The molecular weight excluding hydrogens is 414 g/mol. The van der Waals surface area contributed by atoms with E-state index in [-0.39, 0.29) is 0 Å². The molecule has 0 bridgehead atoms. The van der Waals surface area contributed by atoms with E-state index in [1.807, 2.05) is 78.9 Å². The summed E-state index contributed by atoms with van der Waals surface area (Å²) in [6, 6.07) is 24.9. The first kappa shape index (κ1) is 22.0. The van der Waals surface area contributed by atoms with E-state index in [0.29, 0.717) is 17.3 Å². The molecule has 0 amide bonds. The van der Waals surface area contributed by atoms with Gasteiger partial charge in [-0.3, -0.25) is 0 Å². The molecule has 0 fully saturated rings. The summed E-state index contributed by atoms with van der Waals surface area (Å²) in [6.07, 6.45) is 3.61. The van der Waals surface area contributed by atoms with Crippen molar-refractivity contribution in [3.8, 4) is 17.2 Å². The summed E-state index contributed by atoms with van der Waals surface area (Å²) in [5.74, 6) is 3.41. The van der Waals surface area contributed by atoms with Gasteiger partial charge in [0.1, 0.15) is 29.3 Å². The van der Waals surface area contributed by atoms with Gasteiger partial charge in [0.15, 0.2) is 11.6 Å². The van der Waals surface area contributed by atoms with Crippen LogP contribution < -0.4 is 25.8 Å². The molecule has 0 atom stereocenters. The normalized spacial score (nSPS) is 10.5. The van der Waals surface area contributed by atoms with Crippen LogP contribution in [0.25, 0.3) is 0 Å². The Kier molecular flexibility index (Phi) is 7.22. The Morgan fingerprint density at radius 2 is 1.27 bits per heavy atom. The van der Waals surface area contributed by atoms with E-state index in [1.165, 1.54) is 6.33 Å². The topological polar surface area (TPSA) is 94.3 Å². The second kappa shape index (κ2) is 10.9. The van der Waals surface area contributed by atoms with Crippen molar-refractivity contribution in [1.29, 1.82) is 0 Å². The second-order valence-electron chi connectivity index (χ2n) is 7.40. The molecule has 33 heavy (non-hydrogen) atoms. The number of aromatic nitrogens is 2. The zero-order valence-corrected chi connectivity index (χ0v) is 18.5. The molecule has 168 valence electrons. The lowest BCUT2D eigenvalue weighted by molar-refractivity contribution is 0.309. The Morgan fingerprint density at radius 3 is 1.85 bits per heavy atom. The highest BCUT2D eigenvalue weighted by Gasteiger charge is 2.09. The van der Waals surface area contributed by atoms with Gasteiger partial charge in [-0.1, -0.05) is 31.5 Å². The third-order valence-electron chi connectivity index (χ3n) is 4.86. The predicted molar refractivity (Wildman–Crippen MR) is 133 cm³/mol. The third-order valence-corrected chi connectivity index (χ3v) is 4.86. The maximum Gasteiger partial charge on any atom is 0.159 e. The van der Waals surface area contributed by atoms with Crippen LogP contribution in [0, 0.1) is 0 Å². The molecule has 0 unspecified atom stereocenters. The van der Waals surface area contributed by atoms with Crippen LogP contribution in [0.3, 0.4) is 0 Å². The number of nitrogens with two attached hydrogens (primary N) is 1. The maximum absolute atomic E-state index is 6.32. The molecule has 0 aliphatic carbocycles. The van der Waals surface area contributed by atoms with E-state index in [2.05, 4.69) is 27.5 Å². The van der Waals surface area contributed by atoms with Crippen molar-refractivity contribution < 1.29 is 9.47 Å². The molecule has 3 aromatic carbocycles. The number of hydrogen-bond donors (Lipinski definition) is 3. The van der Waals surface area contributed by atoms with Crippen LogP contribution in [0.15, 0.2) is 85.2 Å². The maximum atomic E-state index is 6.32. The van der Waals surface area contributed by atoms with Gasteiger partial charge in [0.25, 0.3) is 0 Å². The van der Waals surface area contributed by atoms with Crippen LogP contribution in [0.4, 0.5) is 28.7 Å². The number of nitrogens with zero attached hydrogens (tertiary/aromatic N) is 2. The third kappa shape index (κ3) is 6.13. The van der Waals surface area contributed by atoms with E-state index in [9.17, 15) is 0 Å². The fourth-order valence-corrected chi connectivity index (χ4v) is 3.07. The number of anilines is 5. The molecule has 0 aliphatic heterocycles. The second-order valence-corrected chi connectivity index (χ2v) is 7.40. The number of benzene rings is 3. The van der Waals surface area contributed by atoms with Gasteiger partial charge in [0.05, 0.1) is 6.61 Å². The van der Waals surface area contributed by atoms with Gasteiger partial charge in [-0.25, -0.2) is 9.97 Å². The minimum absolute atomic E-state index is 0.422. The van der Waals surface area contributed by atoms with Crippen molar-refractivity contribution in [3.63, 3.8) is 0 Å². The van der Waals surface area contributed by atoms with E-state index in [0.717, 1.165) is 48.1 Å². The number of ether oxygens (including phenoxy) is 2. The highest BCUT2D eigenvalue weighted by Crippen LogP contribution is 2.30. The molecule has 1 aromatic heterocycles. The summed E-state index contributed by atoms with van der Waals surface area (Å²) < 4.78 is 11.5. The fraction of sp³-hybridized carbons (Fsp3) is 0.154. The number of nitrogen functional groups attached to an aromatic ring is 1. The average Bonchev–Trinajstić information content (AvgIpc) is 2.85. The molecule has 0 radical (unpaired) electrons. The van der Waals surface area contributed by atoms with Crippen LogP contribution in [0.2, 0.25) is 0 Å². The smallest absolute Gasteiger partial charge is 0.159 e. The molecule has 0 aliphatic rings. The van der Waals surface area contributed by atoms with E-state index in [1.54, 1.807) is 0 Å². The standard InChI is InChI=1S/C26H27N5O2/c1-2-3-17-32-21-13-9-19(10-14-21)30-25-24(27)26(29-18-28-25)31-20-11-15-23(16-12-20)33-22-7-5-4-6-8-22/h4-16,18H,2-3,17,27H2,1H3,(H2,28,29,30,31). The van der Waals surface area contributed by atoms with Gasteiger partial charge >= 0.3 is 0 Å². The SMILES string of the molecule is CCCCOc1ccc(Nc2ncnc(Nc3ccc(Oc4ccccc4)cc3)c2N)cc1. The Balaban J connectivity index is 1.39. The highest BCUT2D eigenvalue weighted by atomic mass is 16.5. The van der Waals surface area contributed by atoms with Gasteiger partial charge in [0, 0.05) is 11.4 Å². The van der Waals surface area contributed by atoms with Crippen LogP contribution in [0.1, 0.15) is 19.8 Å². The first-order valence-electron chi connectivity index (χ1n) is 10.9. The van der Waals surface area contributed by atoms with Crippen molar-refractivity contribution in [2.75, 3.05) is 23.0 Å². The quantitative estimate of drug-likeness (QED) is 0.241. The van der Waals surface area contributed by atoms with Crippen LogP contribution in [0.5, 0.6) is 17.2 Å². The number of nitrogens with one attached hydrogen (secondary N) is 2. The molecular formula is C26H27N5O2. The van der Waals surface area contributed by atoms with Crippen molar-refractivity contribution in [2.24, 2.45) is 0 Å². The summed E-state index contributed by atoms with van der Waals surface area (Å²) in [4.78, 5) is 8.56. The molecule has 7 nitrogen and oxygen atoms in total. The largest absolute Gasteiger partial charge is 0.494 e. The Bertz CT molecular complexity index is 1150. The molecule has 4 N–H and O–H groups in total. The summed E-state index contributed by atoms with van der Waals surface area (Å²) in [5, 5.41) is 6.47. The predicted octanol–water partition coefficient (Wildman–Crippen LogP) is 6.52.